The van der Waals surface area contributed by atoms with Crippen molar-refractivity contribution in [1.29, 1.82) is 0 Å². The van der Waals surface area contributed by atoms with Crippen LogP contribution in [0.15, 0.2) is 158 Å². The van der Waals surface area contributed by atoms with Crippen molar-refractivity contribution in [2.45, 2.75) is 12.3 Å². The van der Waals surface area contributed by atoms with Crippen LogP contribution in [0, 0.1) is 0 Å². The molecule has 46 heavy (non-hydrogen) atoms. The molecule has 0 N–H and O–H groups in total. The first-order valence-electron chi connectivity index (χ1n) is 15.8. The molecule has 0 bridgehead atoms. The standard InChI is InChI=1S/C43H29N3/c1-3-20-45-40(8-1)34-25-33(26-35(27-34)41-9-2-4-21-46-41)37-15-11-30-12-16-38-36(14-10-29-13-17-39(37)43(30)42(29)38)32-7-5-6-31(24-32)28-18-22-44-23-19-28/h1-23,25-27,32H,24H2. The van der Waals surface area contributed by atoms with E-state index < -0.39 is 0 Å². The summed E-state index contributed by atoms with van der Waals surface area (Å²) in [4.78, 5) is 13.6. The number of benzene rings is 5. The van der Waals surface area contributed by atoms with Crippen LogP contribution in [0.3, 0.4) is 0 Å². The van der Waals surface area contributed by atoms with Crippen molar-refractivity contribution in [1.82, 2.24) is 15.0 Å². The Labute approximate surface area is 267 Å². The SMILES string of the molecule is C1=CC(c2ccc3ccc4c(-c5cc(-c6ccccn6)cc(-c6ccccn6)c5)ccc5ccc2c3c54)CC(c2ccncc2)=C1. The third-order valence-corrected chi connectivity index (χ3v) is 9.39. The number of nitrogens with zero attached hydrogens (tertiary/aromatic N) is 3. The second kappa shape index (κ2) is 10.9. The molecule has 1 aliphatic carbocycles. The van der Waals surface area contributed by atoms with Gasteiger partial charge in [0, 0.05) is 41.8 Å². The summed E-state index contributed by atoms with van der Waals surface area (Å²) in [6.07, 6.45) is 15.2. The van der Waals surface area contributed by atoms with Gasteiger partial charge in [0.1, 0.15) is 0 Å². The molecule has 3 heterocycles. The number of pyridine rings is 3. The van der Waals surface area contributed by atoms with Crippen molar-refractivity contribution >= 4 is 37.9 Å². The number of hydrogen-bond donors (Lipinski definition) is 0. The summed E-state index contributed by atoms with van der Waals surface area (Å²) in [7, 11) is 0. The highest BCUT2D eigenvalue weighted by Gasteiger charge is 2.20. The molecule has 0 fully saturated rings. The summed E-state index contributed by atoms with van der Waals surface area (Å²) in [5.41, 5.74) is 10.4. The Morgan fingerprint density at radius 2 is 1.15 bits per heavy atom. The molecule has 216 valence electrons. The monoisotopic (exact) mass is 587 g/mol. The van der Waals surface area contributed by atoms with E-state index in [1.807, 2.05) is 49.1 Å². The van der Waals surface area contributed by atoms with Crippen LogP contribution in [0.5, 0.6) is 0 Å². The zero-order valence-corrected chi connectivity index (χ0v) is 25.1. The zero-order chi connectivity index (χ0) is 30.5. The van der Waals surface area contributed by atoms with E-state index >= 15 is 0 Å². The fourth-order valence-electron chi connectivity index (χ4n) is 7.22. The van der Waals surface area contributed by atoms with Crippen LogP contribution in [-0.2, 0) is 0 Å². The van der Waals surface area contributed by atoms with Gasteiger partial charge in [0.15, 0.2) is 0 Å². The van der Waals surface area contributed by atoms with Crippen LogP contribution < -0.4 is 0 Å². The van der Waals surface area contributed by atoms with Crippen molar-refractivity contribution in [3.05, 3.63) is 169 Å². The zero-order valence-electron chi connectivity index (χ0n) is 25.1. The predicted molar refractivity (Wildman–Crippen MR) is 191 cm³/mol. The predicted octanol–water partition coefficient (Wildman–Crippen LogP) is 10.9. The average molecular weight is 588 g/mol. The highest BCUT2D eigenvalue weighted by atomic mass is 14.7. The highest BCUT2D eigenvalue weighted by Crippen LogP contribution is 2.44. The smallest absolute Gasteiger partial charge is 0.0702 e. The first kappa shape index (κ1) is 26.5. The van der Waals surface area contributed by atoms with E-state index in [2.05, 4.69) is 114 Å². The molecule has 1 aliphatic rings. The lowest BCUT2D eigenvalue weighted by molar-refractivity contribution is 0.876. The Kier molecular flexibility index (Phi) is 6.27. The van der Waals surface area contributed by atoms with Crippen LogP contribution in [-0.4, -0.2) is 15.0 Å². The number of rotatable bonds is 5. The molecule has 8 aromatic rings. The molecule has 0 aliphatic heterocycles. The summed E-state index contributed by atoms with van der Waals surface area (Å²) in [5.74, 6) is 0.299. The lowest BCUT2D eigenvalue weighted by Gasteiger charge is -2.23. The lowest BCUT2D eigenvalue weighted by Crippen LogP contribution is -2.02. The van der Waals surface area contributed by atoms with Gasteiger partial charge in [-0.05, 0) is 121 Å². The molecule has 0 saturated carbocycles. The molecular formula is C43H29N3. The maximum absolute atomic E-state index is 4.69. The molecule has 3 heteroatoms. The van der Waals surface area contributed by atoms with E-state index in [1.165, 1.54) is 54.6 Å². The molecule has 5 aromatic carbocycles. The van der Waals surface area contributed by atoms with Gasteiger partial charge >= 0.3 is 0 Å². The van der Waals surface area contributed by atoms with Crippen molar-refractivity contribution in [3.8, 4) is 33.6 Å². The van der Waals surface area contributed by atoms with E-state index in [0.29, 0.717) is 5.92 Å². The van der Waals surface area contributed by atoms with E-state index in [9.17, 15) is 0 Å². The molecule has 9 rings (SSSR count). The van der Waals surface area contributed by atoms with Crippen LogP contribution in [0.2, 0.25) is 0 Å². The van der Waals surface area contributed by atoms with Crippen molar-refractivity contribution in [3.63, 3.8) is 0 Å². The summed E-state index contributed by atoms with van der Waals surface area (Å²) in [6, 6.07) is 41.5. The Morgan fingerprint density at radius 3 is 1.85 bits per heavy atom. The summed E-state index contributed by atoms with van der Waals surface area (Å²) in [5, 5.41) is 7.78. The topological polar surface area (TPSA) is 38.7 Å². The molecule has 0 saturated heterocycles. The molecule has 1 unspecified atom stereocenters. The maximum Gasteiger partial charge on any atom is 0.0702 e. The molecule has 0 spiro atoms. The van der Waals surface area contributed by atoms with Gasteiger partial charge in [-0.15, -0.1) is 0 Å². The normalized spacial score (nSPS) is 14.7. The number of allylic oxidation sites excluding steroid dienone is 4. The molecule has 1 atom stereocenters. The second-order valence-corrected chi connectivity index (χ2v) is 12.0. The third-order valence-electron chi connectivity index (χ3n) is 9.39. The van der Waals surface area contributed by atoms with Crippen LogP contribution in [0.25, 0.3) is 71.5 Å². The van der Waals surface area contributed by atoms with Gasteiger partial charge in [-0.3, -0.25) is 15.0 Å². The van der Waals surface area contributed by atoms with Crippen LogP contribution >= 0.6 is 0 Å². The molecule has 3 aromatic heterocycles. The van der Waals surface area contributed by atoms with Gasteiger partial charge in [-0.2, -0.15) is 0 Å². The van der Waals surface area contributed by atoms with Crippen molar-refractivity contribution in [2.24, 2.45) is 0 Å². The minimum absolute atomic E-state index is 0.299. The Hall–Kier alpha value is -5.93. The van der Waals surface area contributed by atoms with Crippen molar-refractivity contribution < 1.29 is 0 Å². The molecule has 0 radical (unpaired) electrons. The fourth-order valence-corrected chi connectivity index (χ4v) is 7.22. The minimum atomic E-state index is 0.299. The first-order valence-corrected chi connectivity index (χ1v) is 15.8. The molecule has 0 amide bonds. The molecular weight excluding hydrogens is 558 g/mol. The van der Waals surface area contributed by atoms with E-state index in [1.54, 1.807) is 0 Å². The maximum atomic E-state index is 4.69. The number of aromatic nitrogens is 3. The van der Waals surface area contributed by atoms with Crippen molar-refractivity contribution in [2.75, 3.05) is 0 Å². The summed E-state index contributed by atoms with van der Waals surface area (Å²) < 4.78 is 0. The Balaban J connectivity index is 1.23. The highest BCUT2D eigenvalue weighted by molar-refractivity contribution is 6.26. The fraction of sp³-hybridized carbons (Fsp3) is 0.0465. The van der Waals surface area contributed by atoms with E-state index in [-0.39, 0.29) is 0 Å². The average Bonchev–Trinajstić information content (AvgIpc) is 3.14. The summed E-state index contributed by atoms with van der Waals surface area (Å²) in [6.45, 7) is 0. The van der Waals surface area contributed by atoms with Gasteiger partial charge in [0.2, 0.25) is 0 Å². The van der Waals surface area contributed by atoms with Gasteiger partial charge < -0.3 is 0 Å². The van der Waals surface area contributed by atoms with Gasteiger partial charge in [-0.1, -0.05) is 78.9 Å². The van der Waals surface area contributed by atoms with E-state index in [4.69, 9.17) is 9.97 Å². The third kappa shape index (κ3) is 4.48. The number of hydrogen-bond acceptors (Lipinski definition) is 3. The Morgan fingerprint density at radius 1 is 0.522 bits per heavy atom. The van der Waals surface area contributed by atoms with Crippen LogP contribution in [0.4, 0.5) is 0 Å². The Bertz CT molecular complexity index is 2370. The largest absolute Gasteiger partial charge is 0.265 e. The lowest BCUT2D eigenvalue weighted by atomic mass is 9.81. The molecule has 3 nitrogen and oxygen atoms in total. The second-order valence-electron chi connectivity index (χ2n) is 12.0. The van der Waals surface area contributed by atoms with Crippen LogP contribution in [0.1, 0.15) is 23.5 Å². The minimum Gasteiger partial charge on any atom is -0.265 e. The van der Waals surface area contributed by atoms with Gasteiger partial charge in [0.25, 0.3) is 0 Å². The quantitative estimate of drug-likeness (QED) is 0.188. The van der Waals surface area contributed by atoms with Gasteiger partial charge in [0.05, 0.1) is 11.4 Å². The first-order chi connectivity index (χ1) is 22.8. The van der Waals surface area contributed by atoms with E-state index in [0.717, 1.165) is 34.5 Å². The summed E-state index contributed by atoms with van der Waals surface area (Å²) >= 11 is 0. The van der Waals surface area contributed by atoms with Gasteiger partial charge in [-0.25, -0.2) is 0 Å².